The molecule has 0 bridgehead atoms. The Hall–Kier alpha value is -3.08. The van der Waals surface area contributed by atoms with E-state index in [1.807, 2.05) is 69.3 Å². The van der Waals surface area contributed by atoms with Crippen molar-refractivity contribution in [1.82, 2.24) is 0 Å². The minimum absolute atomic E-state index is 0.363. The summed E-state index contributed by atoms with van der Waals surface area (Å²) in [7, 11) is 0. The quantitative estimate of drug-likeness (QED) is 0.813. The molecule has 140 valence electrons. The largest absolute Gasteiger partial charge is 0.478 e. The second-order valence-electron chi connectivity index (χ2n) is 7.49. The van der Waals surface area contributed by atoms with E-state index in [0.717, 1.165) is 22.4 Å². The third kappa shape index (κ3) is 4.37. The molecule has 1 heterocycles. The smallest absolute Gasteiger partial charge is 0.414 e. The molecule has 0 spiro atoms. The summed E-state index contributed by atoms with van der Waals surface area (Å²) in [6.45, 7) is 6.08. The summed E-state index contributed by atoms with van der Waals surface area (Å²) in [6, 6.07) is 15.1. The van der Waals surface area contributed by atoms with Crippen molar-refractivity contribution < 1.29 is 19.4 Å². The van der Waals surface area contributed by atoms with E-state index in [1.54, 1.807) is 4.90 Å². The molecule has 0 aliphatic carbocycles. The topological polar surface area (TPSA) is 66.8 Å². The van der Waals surface area contributed by atoms with Crippen LogP contribution in [0.15, 0.2) is 54.6 Å². The molecule has 1 aliphatic rings. The number of carboxylic acids is 1. The number of ether oxygens (including phenoxy) is 1. The van der Waals surface area contributed by atoms with Crippen molar-refractivity contribution in [2.75, 3.05) is 11.4 Å². The summed E-state index contributed by atoms with van der Waals surface area (Å²) in [6.07, 6.45) is 1.56. The fourth-order valence-electron chi connectivity index (χ4n) is 3.15. The van der Waals surface area contributed by atoms with E-state index in [1.165, 1.54) is 6.08 Å². The van der Waals surface area contributed by atoms with Crippen LogP contribution in [0.2, 0.25) is 0 Å². The molecule has 0 radical (unpaired) electrons. The first-order chi connectivity index (χ1) is 12.7. The molecule has 2 aromatic rings. The zero-order valence-corrected chi connectivity index (χ0v) is 15.7. The normalized spacial score (nSPS) is 14.0. The van der Waals surface area contributed by atoms with Crippen molar-refractivity contribution in [2.24, 2.45) is 0 Å². The van der Waals surface area contributed by atoms with Crippen molar-refractivity contribution in [2.45, 2.75) is 32.8 Å². The Balaban J connectivity index is 1.94. The minimum Gasteiger partial charge on any atom is -0.478 e. The van der Waals surface area contributed by atoms with E-state index in [2.05, 4.69) is 0 Å². The van der Waals surface area contributed by atoms with Crippen LogP contribution >= 0.6 is 0 Å². The summed E-state index contributed by atoms with van der Waals surface area (Å²) in [4.78, 5) is 25.4. The van der Waals surface area contributed by atoms with Crippen molar-refractivity contribution in [3.8, 4) is 0 Å². The third-order valence-electron chi connectivity index (χ3n) is 4.25. The average Bonchev–Trinajstić information content (AvgIpc) is 3.02. The van der Waals surface area contributed by atoms with Gasteiger partial charge in [0.25, 0.3) is 0 Å². The molecule has 0 saturated heterocycles. The Morgan fingerprint density at radius 2 is 1.78 bits per heavy atom. The molecule has 1 amide bonds. The number of carbonyl (C=O) groups is 2. The highest BCUT2D eigenvalue weighted by molar-refractivity contribution is 5.96. The van der Waals surface area contributed by atoms with Gasteiger partial charge in [-0.2, -0.15) is 0 Å². The van der Waals surface area contributed by atoms with Crippen LogP contribution in [0.5, 0.6) is 0 Å². The van der Waals surface area contributed by atoms with Gasteiger partial charge in [0.1, 0.15) is 5.60 Å². The van der Waals surface area contributed by atoms with Gasteiger partial charge in [0, 0.05) is 12.6 Å². The second-order valence-corrected chi connectivity index (χ2v) is 7.49. The molecule has 0 fully saturated rings. The average molecular weight is 365 g/mol. The molecular weight excluding hydrogens is 342 g/mol. The number of hydrogen-bond acceptors (Lipinski definition) is 3. The number of anilines is 1. The van der Waals surface area contributed by atoms with Crippen LogP contribution in [0, 0.1) is 0 Å². The maximum Gasteiger partial charge on any atom is 0.414 e. The van der Waals surface area contributed by atoms with Gasteiger partial charge in [0.15, 0.2) is 0 Å². The lowest BCUT2D eigenvalue weighted by molar-refractivity contribution is -0.131. The van der Waals surface area contributed by atoms with Crippen LogP contribution in [0.1, 0.15) is 37.5 Å². The van der Waals surface area contributed by atoms with Crippen molar-refractivity contribution in [3.05, 3.63) is 71.3 Å². The fraction of sp³-hybridized carbons (Fsp3) is 0.273. The summed E-state index contributed by atoms with van der Waals surface area (Å²) in [5, 5.41) is 9.28. The van der Waals surface area contributed by atoms with Gasteiger partial charge in [-0.1, -0.05) is 36.4 Å². The second kappa shape index (κ2) is 7.27. The van der Waals surface area contributed by atoms with Crippen molar-refractivity contribution >= 4 is 23.3 Å². The van der Waals surface area contributed by atoms with Gasteiger partial charge in [-0.3, -0.25) is 4.90 Å². The number of nitrogens with zero attached hydrogens (tertiary/aromatic N) is 1. The third-order valence-corrected chi connectivity index (χ3v) is 4.25. The summed E-state index contributed by atoms with van der Waals surface area (Å²) in [5.41, 5.74) is 3.56. The minimum atomic E-state index is -0.996. The van der Waals surface area contributed by atoms with E-state index >= 15 is 0 Å². The Kier molecular flexibility index (Phi) is 5.04. The number of aliphatic carboxylic acids is 1. The van der Waals surface area contributed by atoms with Crippen molar-refractivity contribution in [1.29, 1.82) is 0 Å². The molecular formula is C22H23NO4. The maximum absolute atomic E-state index is 12.4. The molecule has 5 heteroatoms. The number of benzene rings is 2. The number of fused-ring (bicyclic) bond motifs is 1. The molecule has 27 heavy (non-hydrogen) atoms. The predicted molar refractivity (Wildman–Crippen MR) is 105 cm³/mol. The first kappa shape index (κ1) is 18.7. The van der Waals surface area contributed by atoms with E-state index in [-0.39, 0.29) is 6.09 Å². The SMILES string of the molecule is CC(C)(C)OC(=O)N1CCc2cc(C(=CC(=O)O)c3ccccc3)ccc21. The van der Waals surface area contributed by atoms with E-state index in [0.29, 0.717) is 18.5 Å². The Morgan fingerprint density at radius 1 is 1.07 bits per heavy atom. The molecule has 3 rings (SSSR count). The highest BCUT2D eigenvalue weighted by atomic mass is 16.6. The molecule has 1 N–H and O–H groups in total. The molecule has 1 aliphatic heterocycles. The molecule has 5 nitrogen and oxygen atoms in total. The van der Waals surface area contributed by atoms with Gasteiger partial charge >= 0.3 is 12.1 Å². The first-order valence-corrected chi connectivity index (χ1v) is 8.88. The van der Waals surface area contributed by atoms with Gasteiger partial charge in [-0.05, 0) is 61.6 Å². The van der Waals surface area contributed by atoms with Gasteiger partial charge < -0.3 is 9.84 Å². The number of carboxylic acid groups (broad SMARTS) is 1. The number of hydrogen-bond donors (Lipinski definition) is 1. The van der Waals surface area contributed by atoms with Crippen LogP contribution in [0.4, 0.5) is 10.5 Å². The van der Waals surface area contributed by atoms with Crippen molar-refractivity contribution in [3.63, 3.8) is 0 Å². The monoisotopic (exact) mass is 365 g/mol. The van der Waals surface area contributed by atoms with Crippen LogP contribution in [0.3, 0.4) is 0 Å². The maximum atomic E-state index is 12.4. The molecule has 0 saturated carbocycles. The number of carbonyl (C=O) groups excluding carboxylic acids is 1. The van der Waals surface area contributed by atoms with Gasteiger partial charge in [-0.25, -0.2) is 9.59 Å². The summed E-state index contributed by atoms with van der Waals surface area (Å²) < 4.78 is 5.48. The summed E-state index contributed by atoms with van der Waals surface area (Å²) >= 11 is 0. The lowest BCUT2D eigenvalue weighted by Gasteiger charge is -2.24. The zero-order chi connectivity index (χ0) is 19.6. The van der Waals surface area contributed by atoms with Crippen LogP contribution in [-0.4, -0.2) is 29.3 Å². The molecule has 0 unspecified atom stereocenters. The van der Waals surface area contributed by atoms with Gasteiger partial charge in [0.2, 0.25) is 0 Å². The van der Waals surface area contributed by atoms with E-state index in [9.17, 15) is 14.7 Å². The highest BCUT2D eigenvalue weighted by Crippen LogP contribution is 2.33. The van der Waals surface area contributed by atoms with Gasteiger partial charge in [0.05, 0.1) is 5.69 Å². The van der Waals surface area contributed by atoms with E-state index < -0.39 is 11.6 Å². The lowest BCUT2D eigenvalue weighted by atomic mass is 9.95. The highest BCUT2D eigenvalue weighted by Gasteiger charge is 2.29. The Labute approximate surface area is 158 Å². The Bertz CT molecular complexity index is 894. The standard InChI is InChI=1S/C22H23NO4/c1-22(2,3)27-21(26)23-12-11-17-13-16(9-10-19(17)23)18(14-20(24)25)15-7-5-4-6-8-15/h4-10,13-14H,11-12H2,1-3H3,(H,24,25). The van der Waals surface area contributed by atoms with Crippen LogP contribution in [-0.2, 0) is 16.0 Å². The summed E-state index contributed by atoms with van der Waals surface area (Å²) in [5.74, 6) is -0.996. The first-order valence-electron chi connectivity index (χ1n) is 8.88. The molecule has 0 aromatic heterocycles. The van der Waals surface area contributed by atoms with E-state index in [4.69, 9.17) is 4.74 Å². The lowest BCUT2D eigenvalue weighted by Crippen LogP contribution is -2.35. The van der Waals surface area contributed by atoms with Crippen LogP contribution in [0.25, 0.3) is 5.57 Å². The molecule has 0 atom stereocenters. The number of amides is 1. The predicted octanol–water partition coefficient (Wildman–Crippen LogP) is 4.50. The van der Waals surface area contributed by atoms with Gasteiger partial charge in [-0.15, -0.1) is 0 Å². The molecule has 2 aromatic carbocycles. The Morgan fingerprint density at radius 3 is 2.41 bits per heavy atom. The zero-order valence-electron chi connectivity index (χ0n) is 15.7. The number of rotatable bonds is 3. The van der Waals surface area contributed by atoms with Crippen LogP contribution < -0.4 is 4.90 Å². The fourth-order valence-corrected chi connectivity index (χ4v) is 3.15.